The lowest BCUT2D eigenvalue weighted by molar-refractivity contribution is -0.244. The van der Waals surface area contributed by atoms with Crippen molar-refractivity contribution in [3.8, 4) is 5.75 Å². The Morgan fingerprint density at radius 3 is 2.62 bits per heavy atom. The van der Waals surface area contributed by atoms with E-state index in [4.69, 9.17) is 30.9 Å². The van der Waals surface area contributed by atoms with Gasteiger partial charge in [0.1, 0.15) is 5.75 Å². The van der Waals surface area contributed by atoms with Crippen LogP contribution >= 0.6 is 11.6 Å². The fourth-order valence-electron chi connectivity index (χ4n) is 3.30. The summed E-state index contributed by atoms with van der Waals surface area (Å²) < 4.78 is 17.9. The van der Waals surface area contributed by atoms with E-state index in [0.717, 1.165) is 23.0 Å². The molecule has 1 N–H and O–H groups in total. The first-order valence-electron chi connectivity index (χ1n) is 9.30. The molecule has 3 rings (SSSR count). The van der Waals surface area contributed by atoms with Gasteiger partial charge in [0, 0.05) is 28.1 Å². The summed E-state index contributed by atoms with van der Waals surface area (Å²) in [6.07, 6.45) is 6.03. The molecule has 0 saturated carbocycles. The number of rotatable bonds is 7. The fraction of sp³-hybridized carbons (Fsp3) is 0.261. The number of halogens is 1. The minimum absolute atomic E-state index is 0.0273. The summed E-state index contributed by atoms with van der Waals surface area (Å²) in [5, 5.41) is 9.28. The van der Waals surface area contributed by atoms with Crippen LogP contribution in [-0.2, 0) is 14.3 Å². The molecule has 1 fully saturated rings. The number of methoxy groups -OCH3 is 1. The highest BCUT2D eigenvalue weighted by atomic mass is 35.5. The molecule has 1 aliphatic heterocycles. The van der Waals surface area contributed by atoms with E-state index in [1.807, 2.05) is 54.6 Å². The largest absolute Gasteiger partial charge is 0.496 e. The van der Waals surface area contributed by atoms with Crippen LogP contribution in [0.2, 0.25) is 5.02 Å². The van der Waals surface area contributed by atoms with Crippen molar-refractivity contribution in [2.75, 3.05) is 13.7 Å². The predicted molar refractivity (Wildman–Crippen MR) is 111 cm³/mol. The highest BCUT2D eigenvalue weighted by molar-refractivity contribution is 6.31. The van der Waals surface area contributed by atoms with Crippen LogP contribution in [0.3, 0.4) is 0 Å². The van der Waals surface area contributed by atoms with Crippen molar-refractivity contribution in [3.05, 3.63) is 89.0 Å². The van der Waals surface area contributed by atoms with Gasteiger partial charge in [-0.3, -0.25) is 0 Å². The summed E-state index contributed by atoms with van der Waals surface area (Å²) in [4.78, 5) is 10.6. The van der Waals surface area contributed by atoms with Crippen molar-refractivity contribution in [1.82, 2.24) is 0 Å². The Labute approximate surface area is 175 Å². The third kappa shape index (κ3) is 5.48. The topological polar surface area (TPSA) is 65.0 Å². The number of aliphatic carboxylic acids is 1. The summed E-state index contributed by atoms with van der Waals surface area (Å²) >= 11 is 6.34. The first-order valence-corrected chi connectivity index (χ1v) is 9.68. The van der Waals surface area contributed by atoms with Gasteiger partial charge in [-0.25, -0.2) is 4.79 Å². The molecule has 1 heterocycles. The highest BCUT2D eigenvalue weighted by Crippen LogP contribution is 2.43. The van der Waals surface area contributed by atoms with Crippen molar-refractivity contribution in [2.24, 2.45) is 5.92 Å². The van der Waals surface area contributed by atoms with Crippen molar-refractivity contribution < 1.29 is 24.1 Å². The van der Waals surface area contributed by atoms with Gasteiger partial charge in [0.05, 0.1) is 19.8 Å². The van der Waals surface area contributed by atoms with Gasteiger partial charge in [-0.2, -0.15) is 0 Å². The van der Waals surface area contributed by atoms with Gasteiger partial charge >= 0.3 is 5.97 Å². The third-order valence-electron chi connectivity index (χ3n) is 4.69. The number of carbonyl (C=O) groups is 1. The summed E-state index contributed by atoms with van der Waals surface area (Å²) in [6.45, 7) is 0.464. The number of hydrogen-bond donors (Lipinski definition) is 1. The molecule has 0 aliphatic carbocycles. The summed E-state index contributed by atoms with van der Waals surface area (Å²) in [5.41, 5.74) is 1.72. The van der Waals surface area contributed by atoms with E-state index in [1.165, 1.54) is 6.08 Å². The van der Waals surface area contributed by atoms with E-state index in [2.05, 4.69) is 0 Å². The maximum Gasteiger partial charge on any atom is 0.328 e. The van der Waals surface area contributed by atoms with Crippen LogP contribution in [0.5, 0.6) is 5.75 Å². The number of benzene rings is 2. The number of carboxylic acids is 1. The van der Waals surface area contributed by atoms with E-state index in [9.17, 15) is 4.79 Å². The Bertz CT molecular complexity index is 892. The van der Waals surface area contributed by atoms with Crippen molar-refractivity contribution >= 4 is 17.6 Å². The second-order valence-corrected chi connectivity index (χ2v) is 7.01. The standard InChI is InChI=1S/C23H23ClO5/c1-27-20-13-8-6-11-18(20)22-16(9-3-2-4-14-21(25)26)15-28-23(29-22)17-10-5-7-12-19(17)24/h2-8,10-14,16,22-23H,9,15H2,1H3,(H,25,26)/t16-,22+,23+/m1/s1. The summed E-state index contributed by atoms with van der Waals surface area (Å²) in [5.74, 6) is -0.204. The van der Waals surface area contributed by atoms with Crippen molar-refractivity contribution in [3.63, 3.8) is 0 Å². The Balaban J connectivity index is 1.84. The quantitative estimate of drug-likeness (QED) is 0.489. The molecule has 1 saturated heterocycles. The van der Waals surface area contributed by atoms with Gasteiger partial charge in [0.15, 0.2) is 6.29 Å². The Kier molecular flexibility index (Phi) is 7.47. The van der Waals surface area contributed by atoms with Crippen LogP contribution in [0, 0.1) is 5.92 Å². The minimum atomic E-state index is -0.978. The molecule has 2 aromatic carbocycles. The van der Waals surface area contributed by atoms with Crippen LogP contribution in [0.15, 0.2) is 72.8 Å². The van der Waals surface area contributed by atoms with E-state index in [1.54, 1.807) is 13.2 Å². The van der Waals surface area contributed by atoms with Gasteiger partial charge in [-0.1, -0.05) is 66.2 Å². The zero-order valence-electron chi connectivity index (χ0n) is 16.0. The molecular formula is C23H23ClO5. The maximum absolute atomic E-state index is 10.6. The molecule has 29 heavy (non-hydrogen) atoms. The number of ether oxygens (including phenoxy) is 3. The minimum Gasteiger partial charge on any atom is -0.496 e. The van der Waals surface area contributed by atoms with Gasteiger partial charge in [0.2, 0.25) is 0 Å². The van der Waals surface area contributed by atoms with Crippen LogP contribution in [0.1, 0.15) is 29.9 Å². The van der Waals surface area contributed by atoms with E-state index in [0.29, 0.717) is 18.1 Å². The van der Waals surface area contributed by atoms with Crippen LogP contribution in [-0.4, -0.2) is 24.8 Å². The SMILES string of the molecule is COc1ccccc1[C@H]1O[C@@H](c2ccccc2Cl)OC[C@H]1CC=CC=CC(=O)O. The van der Waals surface area contributed by atoms with E-state index < -0.39 is 12.3 Å². The molecule has 5 nitrogen and oxygen atoms in total. The summed E-state index contributed by atoms with van der Waals surface area (Å²) in [7, 11) is 1.63. The lowest BCUT2D eigenvalue weighted by atomic mass is 9.91. The molecule has 0 bridgehead atoms. The van der Waals surface area contributed by atoms with E-state index >= 15 is 0 Å². The Morgan fingerprint density at radius 2 is 1.90 bits per heavy atom. The number of hydrogen-bond acceptors (Lipinski definition) is 4. The molecular weight excluding hydrogens is 392 g/mol. The number of para-hydroxylation sites is 1. The molecule has 0 aromatic heterocycles. The lowest BCUT2D eigenvalue weighted by Crippen LogP contribution is -2.30. The molecule has 0 unspecified atom stereocenters. The monoisotopic (exact) mass is 414 g/mol. The molecule has 1 aliphatic rings. The molecule has 3 atom stereocenters. The first kappa shape index (κ1) is 21.1. The second kappa shape index (κ2) is 10.3. The average molecular weight is 415 g/mol. The lowest BCUT2D eigenvalue weighted by Gasteiger charge is -2.37. The van der Waals surface area contributed by atoms with Crippen molar-refractivity contribution in [2.45, 2.75) is 18.8 Å². The maximum atomic E-state index is 10.6. The number of carboxylic acid groups (broad SMARTS) is 1. The van der Waals surface area contributed by atoms with Crippen molar-refractivity contribution in [1.29, 1.82) is 0 Å². The summed E-state index contributed by atoms with van der Waals surface area (Å²) in [6, 6.07) is 15.2. The number of allylic oxidation sites excluding steroid dienone is 3. The average Bonchev–Trinajstić information content (AvgIpc) is 2.74. The molecule has 0 amide bonds. The predicted octanol–water partition coefficient (Wildman–Crippen LogP) is 5.34. The van der Waals surface area contributed by atoms with Gasteiger partial charge in [-0.05, 0) is 18.6 Å². The van der Waals surface area contributed by atoms with Gasteiger partial charge in [0.25, 0.3) is 0 Å². The zero-order chi connectivity index (χ0) is 20.6. The third-order valence-corrected chi connectivity index (χ3v) is 5.03. The van der Waals surface area contributed by atoms with E-state index in [-0.39, 0.29) is 12.0 Å². The highest BCUT2D eigenvalue weighted by Gasteiger charge is 2.35. The Hall–Kier alpha value is -2.60. The van der Waals surface area contributed by atoms with Gasteiger partial charge < -0.3 is 19.3 Å². The fourth-order valence-corrected chi connectivity index (χ4v) is 3.53. The van der Waals surface area contributed by atoms with Crippen LogP contribution in [0.4, 0.5) is 0 Å². The first-order chi connectivity index (χ1) is 14.1. The second-order valence-electron chi connectivity index (χ2n) is 6.61. The normalized spacial score (nSPS) is 22.2. The molecule has 6 heteroatoms. The molecule has 0 spiro atoms. The molecule has 152 valence electrons. The van der Waals surface area contributed by atoms with Crippen LogP contribution < -0.4 is 4.74 Å². The zero-order valence-corrected chi connectivity index (χ0v) is 16.8. The Morgan fingerprint density at radius 1 is 1.17 bits per heavy atom. The molecule has 0 radical (unpaired) electrons. The smallest absolute Gasteiger partial charge is 0.328 e. The van der Waals surface area contributed by atoms with Gasteiger partial charge in [-0.15, -0.1) is 0 Å². The molecule has 2 aromatic rings. The van der Waals surface area contributed by atoms with Crippen LogP contribution in [0.25, 0.3) is 0 Å².